The van der Waals surface area contributed by atoms with Crippen molar-refractivity contribution in [3.63, 3.8) is 0 Å². The minimum atomic E-state index is -4.48. The fourth-order valence-electron chi connectivity index (χ4n) is 3.61. The third kappa shape index (κ3) is 5.36. The summed E-state index contributed by atoms with van der Waals surface area (Å²) in [4.78, 5) is 20.2. The number of amides is 1. The molecule has 1 N–H and O–H groups in total. The number of piperazine rings is 1. The van der Waals surface area contributed by atoms with Crippen LogP contribution in [0.1, 0.15) is 12.0 Å². The number of halogens is 4. The lowest BCUT2D eigenvalue weighted by atomic mass is 10.2. The fraction of sp³-hybridized carbons (Fsp3) is 0.429. The number of anilines is 2. The number of alkyl halides is 3. The topological polar surface area (TPSA) is 66.9 Å². The van der Waals surface area contributed by atoms with Crippen LogP contribution in [-0.4, -0.2) is 61.7 Å². The van der Waals surface area contributed by atoms with Gasteiger partial charge < -0.3 is 19.7 Å². The van der Waals surface area contributed by atoms with Crippen molar-refractivity contribution in [3.8, 4) is 11.5 Å². The smallest absolute Gasteiger partial charge is 0.417 e. The zero-order valence-corrected chi connectivity index (χ0v) is 17.9. The molecule has 2 aliphatic heterocycles. The average molecular weight is 471 g/mol. The van der Waals surface area contributed by atoms with Crippen molar-refractivity contribution in [2.24, 2.45) is 0 Å². The molecule has 0 unspecified atom stereocenters. The van der Waals surface area contributed by atoms with Crippen LogP contribution >= 0.6 is 11.6 Å². The summed E-state index contributed by atoms with van der Waals surface area (Å²) in [5, 5.41) is 2.84. The largest absolute Gasteiger partial charge is 0.486 e. The zero-order valence-electron chi connectivity index (χ0n) is 17.1. The second-order valence-electron chi connectivity index (χ2n) is 7.51. The van der Waals surface area contributed by atoms with Crippen LogP contribution in [0.5, 0.6) is 11.5 Å². The van der Waals surface area contributed by atoms with Crippen LogP contribution in [-0.2, 0) is 11.0 Å². The number of hydrogen-bond acceptors (Lipinski definition) is 6. The maximum Gasteiger partial charge on any atom is 0.417 e. The van der Waals surface area contributed by atoms with Crippen molar-refractivity contribution in [3.05, 3.63) is 41.0 Å². The molecule has 3 heterocycles. The van der Waals surface area contributed by atoms with Crippen molar-refractivity contribution in [2.45, 2.75) is 12.6 Å². The Morgan fingerprint density at radius 1 is 1.09 bits per heavy atom. The summed E-state index contributed by atoms with van der Waals surface area (Å²) in [7, 11) is 0. The van der Waals surface area contributed by atoms with Crippen LogP contribution in [0.4, 0.5) is 24.7 Å². The number of fused-ring (bicyclic) bond motifs is 1. The normalized spacial score (nSPS) is 16.7. The van der Waals surface area contributed by atoms with E-state index >= 15 is 0 Å². The van der Waals surface area contributed by atoms with Gasteiger partial charge in [0.05, 0.1) is 10.6 Å². The minimum absolute atomic E-state index is 0.0212. The highest BCUT2D eigenvalue weighted by Crippen LogP contribution is 2.34. The van der Waals surface area contributed by atoms with E-state index < -0.39 is 11.7 Å². The van der Waals surface area contributed by atoms with E-state index in [0.717, 1.165) is 12.3 Å². The molecule has 0 saturated carbocycles. The van der Waals surface area contributed by atoms with E-state index in [-0.39, 0.29) is 10.9 Å². The molecule has 172 valence electrons. The van der Waals surface area contributed by atoms with Crippen LogP contribution in [0.2, 0.25) is 5.02 Å². The summed E-state index contributed by atoms with van der Waals surface area (Å²) in [6.07, 6.45) is -3.36. The van der Waals surface area contributed by atoms with Crippen LogP contribution in [0.25, 0.3) is 0 Å². The molecule has 0 spiro atoms. The van der Waals surface area contributed by atoms with E-state index in [1.54, 1.807) is 18.2 Å². The lowest BCUT2D eigenvalue weighted by Crippen LogP contribution is -2.47. The molecule has 11 heteroatoms. The number of ether oxygens (including phenoxy) is 2. The summed E-state index contributed by atoms with van der Waals surface area (Å²) < 4.78 is 49.4. The van der Waals surface area contributed by atoms with Crippen LogP contribution in [0, 0.1) is 0 Å². The predicted molar refractivity (Wildman–Crippen MR) is 114 cm³/mol. The molecule has 0 radical (unpaired) electrons. The Balaban J connectivity index is 1.24. The Bertz CT molecular complexity index is 981. The fourth-order valence-corrected chi connectivity index (χ4v) is 3.89. The predicted octanol–water partition coefficient (Wildman–Crippen LogP) is 3.68. The van der Waals surface area contributed by atoms with Crippen molar-refractivity contribution < 1.29 is 27.4 Å². The highest BCUT2D eigenvalue weighted by Gasteiger charge is 2.32. The van der Waals surface area contributed by atoms with Gasteiger partial charge in [-0.15, -0.1) is 0 Å². The second kappa shape index (κ2) is 9.41. The van der Waals surface area contributed by atoms with Gasteiger partial charge in [0.25, 0.3) is 0 Å². The first-order chi connectivity index (χ1) is 15.3. The highest BCUT2D eigenvalue weighted by molar-refractivity contribution is 6.33. The van der Waals surface area contributed by atoms with E-state index in [2.05, 4.69) is 15.2 Å². The first kappa shape index (κ1) is 22.5. The molecule has 1 amide bonds. The van der Waals surface area contributed by atoms with Gasteiger partial charge in [0.15, 0.2) is 11.5 Å². The molecule has 4 rings (SSSR count). The standard InChI is InChI=1S/C21H22ClF3N4O3/c22-16-11-14(21(23,24)25)13-26-20(16)29-7-5-28(6-8-29)4-3-19(30)27-15-1-2-17-18(12-15)32-10-9-31-17/h1-2,11-13H,3-10H2,(H,27,30). The third-order valence-electron chi connectivity index (χ3n) is 5.30. The van der Waals surface area contributed by atoms with E-state index in [1.807, 2.05) is 4.90 Å². The molecule has 1 aromatic heterocycles. The highest BCUT2D eigenvalue weighted by atomic mass is 35.5. The van der Waals surface area contributed by atoms with Crippen molar-refractivity contribution in [1.82, 2.24) is 9.88 Å². The molecule has 0 aliphatic carbocycles. The summed E-state index contributed by atoms with van der Waals surface area (Å²) in [5.41, 5.74) is -0.221. The Morgan fingerprint density at radius 2 is 1.81 bits per heavy atom. The summed E-state index contributed by atoms with van der Waals surface area (Å²) in [6.45, 7) is 3.96. The van der Waals surface area contributed by atoms with E-state index in [0.29, 0.717) is 75.4 Å². The maximum atomic E-state index is 12.8. The van der Waals surface area contributed by atoms with Crippen molar-refractivity contribution in [2.75, 3.05) is 56.2 Å². The number of benzene rings is 1. The molecule has 32 heavy (non-hydrogen) atoms. The number of carbonyl (C=O) groups is 1. The minimum Gasteiger partial charge on any atom is -0.486 e. The molecule has 0 atom stereocenters. The molecule has 1 aromatic carbocycles. The number of nitrogens with zero attached hydrogens (tertiary/aromatic N) is 3. The Hall–Kier alpha value is -2.72. The van der Waals surface area contributed by atoms with E-state index in [1.165, 1.54) is 0 Å². The molecular formula is C21H22ClF3N4O3. The lowest BCUT2D eigenvalue weighted by molar-refractivity contribution is -0.137. The zero-order chi connectivity index (χ0) is 22.7. The van der Waals surface area contributed by atoms with Gasteiger partial charge >= 0.3 is 6.18 Å². The van der Waals surface area contributed by atoms with Gasteiger partial charge in [-0.2, -0.15) is 13.2 Å². The van der Waals surface area contributed by atoms with Crippen LogP contribution in [0.3, 0.4) is 0 Å². The van der Waals surface area contributed by atoms with Crippen LogP contribution < -0.4 is 19.7 Å². The van der Waals surface area contributed by atoms with Crippen LogP contribution in [0.15, 0.2) is 30.5 Å². The van der Waals surface area contributed by atoms with Crippen molar-refractivity contribution >= 4 is 29.0 Å². The molecule has 1 saturated heterocycles. The molecule has 1 fully saturated rings. The number of pyridine rings is 1. The summed E-state index contributed by atoms with van der Waals surface area (Å²) >= 11 is 6.04. The number of hydrogen-bond donors (Lipinski definition) is 1. The van der Waals surface area contributed by atoms with Crippen molar-refractivity contribution in [1.29, 1.82) is 0 Å². The van der Waals surface area contributed by atoms with Gasteiger partial charge in [0.1, 0.15) is 19.0 Å². The Labute approximate surface area is 188 Å². The molecular weight excluding hydrogens is 449 g/mol. The van der Waals surface area contributed by atoms with Gasteiger partial charge in [0.2, 0.25) is 5.91 Å². The maximum absolute atomic E-state index is 12.8. The number of aromatic nitrogens is 1. The SMILES string of the molecule is O=C(CCN1CCN(c2ncc(C(F)(F)F)cc2Cl)CC1)Nc1ccc2c(c1)OCCO2. The second-order valence-corrected chi connectivity index (χ2v) is 7.92. The van der Waals surface area contributed by atoms with Gasteiger partial charge in [-0.1, -0.05) is 11.6 Å². The summed E-state index contributed by atoms with van der Waals surface area (Å²) in [6, 6.07) is 6.18. The van der Waals surface area contributed by atoms with E-state index in [9.17, 15) is 18.0 Å². The molecule has 7 nitrogen and oxygen atoms in total. The molecule has 2 aromatic rings. The number of rotatable bonds is 5. The van der Waals surface area contributed by atoms with Gasteiger partial charge in [0, 0.05) is 57.1 Å². The van der Waals surface area contributed by atoms with E-state index in [4.69, 9.17) is 21.1 Å². The van der Waals surface area contributed by atoms with Gasteiger partial charge in [-0.05, 0) is 18.2 Å². The number of nitrogens with one attached hydrogen (secondary N) is 1. The Kier molecular flexibility index (Phi) is 6.61. The average Bonchev–Trinajstić information content (AvgIpc) is 2.77. The summed E-state index contributed by atoms with van der Waals surface area (Å²) in [5.74, 6) is 1.50. The first-order valence-corrected chi connectivity index (χ1v) is 10.6. The molecule has 0 bridgehead atoms. The van der Waals surface area contributed by atoms with Gasteiger partial charge in [-0.25, -0.2) is 4.98 Å². The molecule has 2 aliphatic rings. The van der Waals surface area contributed by atoms with Gasteiger partial charge in [-0.3, -0.25) is 9.69 Å². The first-order valence-electron chi connectivity index (χ1n) is 10.2. The monoisotopic (exact) mass is 470 g/mol. The lowest BCUT2D eigenvalue weighted by Gasteiger charge is -2.35. The third-order valence-corrected chi connectivity index (χ3v) is 5.58. The Morgan fingerprint density at radius 3 is 2.50 bits per heavy atom. The number of carbonyl (C=O) groups excluding carboxylic acids is 1. The quantitative estimate of drug-likeness (QED) is 0.719.